The Hall–Kier alpha value is -1.28. The van der Waals surface area contributed by atoms with Crippen LogP contribution in [0.1, 0.15) is 39.2 Å². The maximum absolute atomic E-state index is 11.3. The van der Waals surface area contributed by atoms with Gasteiger partial charge in [0.05, 0.1) is 0 Å². The monoisotopic (exact) mass is 426 g/mol. The van der Waals surface area contributed by atoms with Crippen molar-refractivity contribution in [2.75, 3.05) is 0 Å². The van der Waals surface area contributed by atoms with Crippen LogP contribution in [0.2, 0.25) is 18.1 Å². The van der Waals surface area contributed by atoms with Gasteiger partial charge in [-0.2, -0.15) is 0 Å². The van der Waals surface area contributed by atoms with Crippen LogP contribution in [0.5, 0.6) is 0 Å². The number of halogens is 1. The molecule has 0 bridgehead atoms. The standard InChI is InChI=1S/C19H27ClN2O3SSi/c1-13(23)24-11-16-17(26-15-9-7-8-14(20)10-15)22(12-25-27(5)6)18(21-16)19(2,3)4/h7-10,27H,11-12H2,1-6H3. The molecule has 0 amide bonds. The van der Waals surface area contributed by atoms with Crippen LogP contribution in [-0.4, -0.2) is 24.6 Å². The minimum atomic E-state index is -1.22. The lowest BCUT2D eigenvalue weighted by Gasteiger charge is -2.22. The third-order valence-electron chi connectivity index (χ3n) is 3.62. The Bertz CT molecular complexity index is 803. The van der Waals surface area contributed by atoms with Crippen LogP contribution in [0.3, 0.4) is 0 Å². The zero-order valence-electron chi connectivity index (χ0n) is 16.7. The normalized spacial score (nSPS) is 11.9. The van der Waals surface area contributed by atoms with Crippen LogP contribution < -0.4 is 0 Å². The molecule has 148 valence electrons. The Morgan fingerprint density at radius 1 is 1.33 bits per heavy atom. The highest BCUT2D eigenvalue weighted by molar-refractivity contribution is 7.99. The number of nitrogens with zero attached hydrogens (tertiary/aromatic N) is 2. The fourth-order valence-corrected chi connectivity index (χ4v) is 4.15. The summed E-state index contributed by atoms with van der Waals surface area (Å²) in [4.78, 5) is 17.1. The lowest BCUT2D eigenvalue weighted by molar-refractivity contribution is -0.142. The lowest BCUT2D eigenvalue weighted by atomic mass is 9.96. The number of rotatable bonds is 7. The number of hydrogen-bond donors (Lipinski definition) is 0. The molecule has 5 nitrogen and oxygen atoms in total. The van der Waals surface area contributed by atoms with Gasteiger partial charge in [0.1, 0.15) is 29.9 Å². The molecule has 0 aliphatic rings. The van der Waals surface area contributed by atoms with Crippen molar-refractivity contribution >= 4 is 38.4 Å². The summed E-state index contributed by atoms with van der Waals surface area (Å²) < 4.78 is 13.4. The number of imidazole rings is 1. The Morgan fingerprint density at radius 3 is 2.59 bits per heavy atom. The molecular weight excluding hydrogens is 400 g/mol. The van der Waals surface area contributed by atoms with E-state index in [1.165, 1.54) is 6.92 Å². The van der Waals surface area contributed by atoms with Crippen molar-refractivity contribution in [3.05, 3.63) is 40.8 Å². The molecule has 0 spiro atoms. The van der Waals surface area contributed by atoms with Crippen LogP contribution in [0, 0.1) is 0 Å². The van der Waals surface area contributed by atoms with Crippen molar-refractivity contribution < 1.29 is 14.0 Å². The summed E-state index contributed by atoms with van der Waals surface area (Å²) in [5, 5.41) is 1.59. The molecule has 0 N–H and O–H groups in total. The van der Waals surface area contributed by atoms with Crippen LogP contribution in [-0.2, 0) is 32.7 Å². The van der Waals surface area contributed by atoms with Gasteiger partial charge < -0.3 is 9.16 Å². The first kappa shape index (κ1) is 22.0. The van der Waals surface area contributed by atoms with E-state index >= 15 is 0 Å². The van der Waals surface area contributed by atoms with E-state index in [0.29, 0.717) is 11.8 Å². The average molecular weight is 427 g/mol. The second kappa shape index (κ2) is 9.27. The number of benzene rings is 1. The van der Waals surface area contributed by atoms with Crippen LogP contribution in [0.4, 0.5) is 0 Å². The van der Waals surface area contributed by atoms with Crippen molar-refractivity contribution in [1.29, 1.82) is 0 Å². The van der Waals surface area contributed by atoms with Gasteiger partial charge in [-0.25, -0.2) is 4.98 Å². The second-order valence-corrected chi connectivity index (χ2v) is 11.5. The summed E-state index contributed by atoms with van der Waals surface area (Å²) in [7, 11) is -1.22. The van der Waals surface area contributed by atoms with Crippen LogP contribution in [0.15, 0.2) is 34.2 Å². The summed E-state index contributed by atoms with van der Waals surface area (Å²) in [6.45, 7) is 12.6. The number of carbonyl (C=O) groups excluding carboxylic acids is 1. The minimum absolute atomic E-state index is 0.132. The molecular formula is C19H27ClN2O3SSi. The van der Waals surface area contributed by atoms with Gasteiger partial charge in [-0.1, -0.05) is 50.2 Å². The third-order valence-corrected chi connectivity index (χ3v) is 5.81. The van der Waals surface area contributed by atoms with Crippen LogP contribution >= 0.6 is 23.4 Å². The van der Waals surface area contributed by atoms with Crippen molar-refractivity contribution in [3.63, 3.8) is 0 Å². The molecule has 8 heteroatoms. The first-order valence-corrected chi connectivity index (χ1v) is 12.8. The third kappa shape index (κ3) is 6.38. The van der Waals surface area contributed by atoms with Gasteiger partial charge in [0, 0.05) is 22.3 Å². The predicted molar refractivity (Wildman–Crippen MR) is 112 cm³/mol. The van der Waals surface area contributed by atoms with E-state index in [0.717, 1.165) is 21.4 Å². The van der Waals surface area contributed by atoms with Crippen molar-refractivity contribution in [2.24, 2.45) is 0 Å². The Kier molecular flexibility index (Phi) is 7.56. The molecule has 2 aromatic rings. The van der Waals surface area contributed by atoms with Gasteiger partial charge >= 0.3 is 5.97 Å². The SMILES string of the molecule is CC(=O)OCc1nc(C(C)(C)C)n(CO[SiH](C)C)c1Sc1cccc(Cl)c1. The number of aromatic nitrogens is 2. The van der Waals surface area contributed by atoms with Gasteiger partial charge in [-0.15, -0.1) is 0 Å². The number of esters is 1. The van der Waals surface area contributed by atoms with Crippen molar-refractivity contribution in [1.82, 2.24) is 9.55 Å². The van der Waals surface area contributed by atoms with E-state index in [2.05, 4.69) is 38.4 Å². The molecule has 1 aromatic carbocycles. The largest absolute Gasteiger partial charge is 0.459 e. The maximum atomic E-state index is 11.3. The number of ether oxygens (including phenoxy) is 1. The Labute approximate surface area is 172 Å². The molecule has 0 atom stereocenters. The number of hydrogen-bond acceptors (Lipinski definition) is 5. The predicted octanol–water partition coefficient (Wildman–Crippen LogP) is 5.01. The average Bonchev–Trinajstić information content (AvgIpc) is 2.89. The Balaban J connectivity index is 2.51. The maximum Gasteiger partial charge on any atom is 0.303 e. The molecule has 0 fully saturated rings. The molecule has 0 radical (unpaired) electrons. The van der Waals surface area contributed by atoms with E-state index in [4.69, 9.17) is 25.7 Å². The van der Waals surface area contributed by atoms with Crippen molar-refractivity contribution in [2.45, 2.75) is 69.5 Å². The summed E-state index contributed by atoms with van der Waals surface area (Å²) in [6.07, 6.45) is 0. The van der Waals surface area contributed by atoms with Gasteiger partial charge in [0.25, 0.3) is 0 Å². The van der Waals surface area contributed by atoms with Gasteiger partial charge in [0.15, 0.2) is 9.04 Å². The van der Waals surface area contributed by atoms with Gasteiger partial charge in [0.2, 0.25) is 0 Å². The quantitative estimate of drug-likeness (QED) is 0.460. The molecule has 2 rings (SSSR count). The smallest absolute Gasteiger partial charge is 0.303 e. The molecule has 0 saturated carbocycles. The lowest BCUT2D eigenvalue weighted by Crippen LogP contribution is -2.22. The second-order valence-electron chi connectivity index (χ2n) is 7.55. The fraction of sp³-hybridized carbons (Fsp3) is 0.474. The van der Waals surface area contributed by atoms with Crippen LogP contribution in [0.25, 0.3) is 0 Å². The Morgan fingerprint density at radius 2 is 2.04 bits per heavy atom. The highest BCUT2D eigenvalue weighted by Crippen LogP contribution is 2.36. The van der Waals surface area contributed by atoms with E-state index in [1.54, 1.807) is 11.8 Å². The molecule has 0 aliphatic carbocycles. The zero-order valence-corrected chi connectivity index (χ0v) is 19.4. The number of carbonyl (C=O) groups is 1. The van der Waals surface area contributed by atoms with Gasteiger partial charge in [-0.3, -0.25) is 9.36 Å². The molecule has 27 heavy (non-hydrogen) atoms. The summed E-state index contributed by atoms with van der Waals surface area (Å²) in [5.41, 5.74) is 0.550. The molecule has 1 heterocycles. The summed E-state index contributed by atoms with van der Waals surface area (Å²) >= 11 is 7.71. The fourth-order valence-electron chi connectivity index (χ4n) is 2.42. The minimum Gasteiger partial charge on any atom is -0.459 e. The van der Waals surface area contributed by atoms with E-state index in [9.17, 15) is 4.79 Å². The topological polar surface area (TPSA) is 53.3 Å². The summed E-state index contributed by atoms with van der Waals surface area (Å²) in [5.74, 6) is 0.579. The first-order chi connectivity index (χ1) is 12.6. The molecule has 0 aliphatic heterocycles. The first-order valence-electron chi connectivity index (χ1n) is 8.86. The molecule has 1 aromatic heterocycles. The van der Waals surface area contributed by atoms with E-state index < -0.39 is 9.04 Å². The van der Waals surface area contributed by atoms with E-state index in [-0.39, 0.29) is 18.0 Å². The van der Waals surface area contributed by atoms with E-state index in [1.807, 2.05) is 24.3 Å². The summed E-state index contributed by atoms with van der Waals surface area (Å²) in [6, 6.07) is 7.67. The highest BCUT2D eigenvalue weighted by Gasteiger charge is 2.27. The van der Waals surface area contributed by atoms with Crippen molar-refractivity contribution in [3.8, 4) is 0 Å². The van der Waals surface area contributed by atoms with Gasteiger partial charge in [-0.05, 0) is 31.3 Å². The zero-order chi connectivity index (χ0) is 20.2. The molecule has 0 unspecified atom stereocenters. The highest BCUT2D eigenvalue weighted by atomic mass is 35.5. The molecule has 0 saturated heterocycles.